The van der Waals surface area contributed by atoms with Crippen LogP contribution in [0.5, 0.6) is 0 Å². The van der Waals surface area contributed by atoms with Crippen LogP contribution < -0.4 is 4.90 Å². The number of anilines is 1. The minimum Gasteiger partial charge on any atom is -0.363 e. The van der Waals surface area contributed by atoms with Gasteiger partial charge in [-0.15, -0.1) is 0 Å². The quantitative estimate of drug-likeness (QED) is 0.700. The first-order valence-electron chi connectivity index (χ1n) is 9.57. The number of likely N-dealkylation sites (N-methyl/N-ethyl adjacent to an activating group) is 2. The number of aromatic nitrogens is 2. The van der Waals surface area contributed by atoms with Crippen molar-refractivity contribution in [2.75, 3.05) is 59.3 Å². The molecule has 0 aromatic carbocycles. The summed E-state index contributed by atoms with van der Waals surface area (Å²) < 4.78 is 0. The first kappa shape index (κ1) is 20.6. The van der Waals surface area contributed by atoms with Crippen LogP contribution in [0, 0.1) is 0 Å². The van der Waals surface area contributed by atoms with Crippen LogP contribution in [0.25, 0.3) is 0 Å². The summed E-state index contributed by atoms with van der Waals surface area (Å²) in [6.07, 6.45) is 2.29. The average molecular weight is 363 g/mol. The van der Waals surface area contributed by atoms with Gasteiger partial charge in [0.05, 0.1) is 18.3 Å². The van der Waals surface area contributed by atoms with Crippen LogP contribution in [0.3, 0.4) is 0 Å². The molecule has 0 N–H and O–H groups in total. The summed E-state index contributed by atoms with van der Waals surface area (Å²) in [4.78, 5) is 30.2. The lowest BCUT2D eigenvalue weighted by Crippen LogP contribution is -2.38. The van der Waals surface area contributed by atoms with E-state index in [1.165, 1.54) is 6.42 Å². The fourth-order valence-corrected chi connectivity index (χ4v) is 3.44. The van der Waals surface area contributed by atoms with Crippen molar-refractivity contribution in [1.29, 1.82) is 0 Å². The topological polar surface area (TPSA) is 55.8 Å². The van der Waals surface area contributed by atoms with Crippen LogP contribution in [-0.4, -0.2) is 84.9 Å². The third kappa shape index (κ3) is 5.14. The van der Waals surface area contributed by atoms with E-state index in [9.17, 15) is 4.79 Å². The van der Waals surface area contributed by atoms with Gasteiger partial charge in [-0.2, -0.15) is 0 Å². The molecule has 1 aliphatic rings. The van der Waals surface area contributed by atoms with Crippen LogP contribution >= 0.6 is 0 Å². The van der Waals surface area contributed by atoms with Crippen LogP contribution in [-0.2, 0) is 11.3 Å². The lowest BCUT2D eigenvalue weighted by molar-refractivity contribution is -0.131. The molecule has 26 heavy (non-hydrogen) atoms. The van der Waals surface area contributed by atoms with Crippen molar-refractivity contribution >= 4 is 11.7 Å². The predicted octanol–water partition coefficient (Wildman–Crippen LogP) is 1.61. The van der Waals surface area contributed by atoms with E-state index in [-0.39, 0.29) is 11.9 Å². The fraction of sp³-hybridized carbons (Fsp3) is 0.737. The minimum atomic E-state index is 0.162. The van der Waals surface area contributed by atoms with E-state index >= 15 is 0 Å². The van der Waals surface area contributed by atoms with Crippen molar-refractivity contribution in [2.45, 2.75) is 39.3 Å². The van der Waals surface area contributed by atoms with E-state index in [0.29, 0.717) is 13.1 Å². The summed E-state index contributed by atoms with van der Waals surface area (Å²) in [5.41, 5.74) is 0.967. The van der Waals surface area contributed by atoms with Crippen molar-refractivity contribution in [1.82, 2.24) is 24.7 Å². The van der Waals surface area contributed by atoms with E-state index in [0.717, 1.165) is 43.4 Å². The SMILES string of the molecule is CCN(CC)C(=O)CN(C)Cc1cc(N(C)C)nc([C@@H]2CCCN2C)n1. The Morgan fingerprint density at radius 3 is 2.46 bits per heavy atom. The Labute approximate surface area is 158 Å². The third-order valence-corrected chi connectivity index (χ3v) is 5.01. The highest BCUT2D eigenvalue weighted by Crippen LogP contribution is 2.29. The zero-order valence-electron chi connectivity index (χ0n) is 17.2. The van der Waals surface area contributed by atoms with Crippen molar-refractivity contribution in [3.63, 3.8) is 0 Å². The monoisotopic (exact) mass is 362 g/mol. The highest BCUT2D eigenvalue weighted by Gasteiger charge is 2.26. The van der Waals surface area contributed by atoms with Gasteiger partial charge >= 0.3 is 0 Å². The normalized spacial score (nSPS) is 17.7. The predicted molar refractivity (Wildman–Crippen MR) is 105 cm³/mol. The summed E-state index contributed by atoms with van der Waals surface area (Å²) in [5.74, 6) is 1.98. The van der Waals surface area contributed by atoms with Gasteiger partial charge in [-0.3, -0.25) is 14.6 Å². The summed E-state index contributed by atoms with van der Waals surface area (Å²) in [5, 5.41) is 0. The Balaban J connectivity index is 2.14. The Morgan fingerprint density at radius 1 is 1.23 bits per heavy atom. The van der Waals surface area contributed by atoms with Gasteiger partial charge < -0.3 is 9.80 Å². The van der Waals surface area contributed by atoms with E-state index < -0.39 is 0 Å². The molecule has 0 saturated carbocycles. The zero-order valence-corrected chi connectivity index (χ0v) is 17.2. The molecule has 0 unspecified atom stereocenters. The van der Waals surface area contributed by atoms with E-state index in [4.69, 9.17) is 9.97 Å². The Bertz CT molecular complexity index is 602. The van der Waals surface area contributed by atoms with Crippen LogP contribution in [0.4, 0.5) is 5.82 Å². The molecule has 0 aliphatic carbocycles. The molecule has 1 saturated heterocycles. The Hall–Kier alpha value is -1.73. The Kier molecular flexibility index (Phi) is 7.34. The van der Waals surface area contributed by atoms with Crippen molar-refractivity contribution < 1.29 is 4.79 Å². The smallest absolute Gasteiger partial charge is 0.236 e. The molecule has 0 radical (unpaired) electrons. The van der Waals surface area contributed by atoms with Gasteiger partial charge in [0.25, 0.3) is 0 Å². The maximum Gasteiger partial charge on any atom is 0.236 e. The standard InChI is InChI=1S/C19H34N6O/c1-7-25(8-2)18(26)14-23(5)13-15-12-17(22(3)4)21-19(20-15)16-10-9-11-24(16)6/h12,16H,7-11,13-14H2,1-6H3/t16-/m0/s1. The summed E-state index contributed by atoms with van der Waals surface area (Å²) in [6.45, 7) is 7.66. The molecule has 2 heterocycles. The van der Waals surface area contributed by atoms with Gasteiger partial charge in [0.2, 0.25) is 5.91 Å². The second-order valence-electron chi connectivity index (χ2n) is 7.35. The molecule has 1 fully saturated rings. The molecule has 2 rings (SSSR count). The molecule has 146 valence electrons. The number of rotatable bonds is 8. The maximum atomic E-state index is 12.3. The Morgan fingerprint density at radius 2 is 1.92 bits per heavy atom. The molecule has 7 heteroatoms. The van der Waals surface area contributed by atoms with Crippen LogP contribution in [0.15, 0.2) is 6.07 Å². The number of hydrogen-bond donors (Lipinski definition) is 0. The average Bonchev–Trinajstić information content (AvgIpc) is 3.01. The van der Waals surface area contributed by atoms with Gasteiger partial charge in [0, 0.05) is 39.8 Å². The first-order chi connectivity index (χ1) is 12.3. The number of carbonyl (C=O) groups excluding carboxylic acids is 1. The number of nitrogens with zero attached hydrogens (tertiary/aromatic N) is 6. The highest BCUT2D eigenvalue weighted by molar-refractivity contribution is 5.78. The molecule has 0 bridgehead atoms. The number of carbonyl (C=O) groups is 1. The lowest BCUT2D eigenvalue weighted by atomic mass is 10.2. The zero-order chi connectivity index (χ0) is 19.3. The lowest BCUT2D eigenvalue weighted by Gasteiger charge is -2.24. The number of likely N-dealkylation sites (tertiary alicyclic amines) is 1. The van der Waals surface area contributed by atoms with Crippen molar-refractivity contribution in [2.24, 2.45) is 0 Å². The molecule has 1 aliphatic heterocycles. The minimum absolute atomic E-state index is 0.162. The first-order valence-corrected chi connectivity index (χ1v) is 9.57. The van der Waals surface area contributed by atoms with E-state index in [1.54, 1.807) is 0 Å². The van der Waals surface area contributed by atoms with E-state index in [2.05, 4.69) is 11.9 Å². The molecular weight excluding hydrogens is 328 g/mol. The van der Waals surface area contributed by atoms with Gasteiger partial charge in [-0.25, -0.2) is 9.97 Å². The highest BCUT2D eigenvalue weighted by atomic mass is 16.2. The molecule has 1 aromatic rings. The van der Waals surface area contributed by atoms with Crippen molar-refractivity contribution in [3.05, 3.63) is 17.6 Å². The largest absolute Gasteiger partial charge is 0.363 e. The molecule has 1 aromatic heterocycles. The molecule has 0 spiro atoms. The third-order valence-electron chi connectivity index (χ3n) is 5.01. The van der Waals surface area contributed by atoms with Gasteiger partial charge in [0.1, 0.15) is 11.6 Å². The number of hydrogen-bond acceptors (Lipinski definition) is 6. The molecule has 1 amide bonds. The second kappa shape index (κ2) is 9.28. The van der Waals surface area contributed by atoms with Gasteiger partial charge in [-0.05, 0) is 47.3 Å². The van der Waals surface area contributed by atoms with Gasteiger partial charge in [-0.1, -0.05) is 0 Å². The van der Waals surface area contributed by atoms with Crippen molar-refractivity contribution in [3.8, 4) is 0 Å². The summed E-state index contributed by atoms with van der Waals surface area (Å²) in [6, 6.07) is 2.31. The summed E-state index contributed by atoms with van der Waals surface area (Å²) >= 11 is 0. The molecule has 7 nitrogen and oxygen atoms in total. The maximum absolute atomic E-state index is 12.3. The summed E-state index contributed by atoms with van der Waals surface area (Å²) in [7, 11) is 8.11. The molecule has 1 atom stereocenters. The number of amides is 1. The fourth-order valence-electron chi connectivity index (χ4n) is 3.44. The second-order valence-corrected chi connectivity index (χ2v) is 7.35. The van der Waals surface area contributed by atoms with E-state index in [1.807, 2.05) is 55.8 Å². The molecular formula is C19H34N6O. The van der Waals surface area contributed by atoms with Gasteiger partial charge in [0.15, 0.2) is 0 Å². The van der Waals surface area contributed by atoms with Crippen LogP contribution in [0.1, 0.15) is 44.2 Å². The van der Waals surface area contributed by atoms with Crippen LogP contribution in [0.2, 0.25) is 0 Å².